The fourth-order valence-electron chi connectivity index (χ4n) is 2.86. The van der Waals surface area contributed by atoms with E-state index in [1.54, 1.807) is 0 Å². The van der Waals surface area contributed by atoms with Gasteiger partial charge in [-0.05, 0) is 36.6 Å². The van der Waals surface area contributed by atoms with Crippen LogP contribution >= 0.6 is 0 Å². The smallest absolute Gasteiger partial charge is 0.139 e. The fraction of sp³-hybridized carbons (Fsp3) is 0.400. The molecular weight excluding hydrogens is 222 g/mol. The Morgan fingerprint density at radius 2 is 2.33 bits per heavy atom. The molecule has 0 saturated heterocycles. The number of fused-ring (bicyclic) bond motifs is 1. The maximum atomic E-state index is 4.41. The highest BCUT2D eigenvalue weighted by molar-refractivity contribution is 5.59. The summed E-state index contributed by atoms with van der Waals surface area (Å²) in [4.78, 5) is 4.41. The number of benzene rings is 1. The molecule has 0 spiro atoms. The molecule has 1 N–H and O–H groups in total. The Balaban J connectivity index is 1.96. The highest BCUT2D eigenvalue weighted by Crippen LogP contribution is 2.33. The van der Waals surface area contributed by atoms with E-state index in [0.717, 1.165) is 12.4 Å². The molecule has 1 aliphatic rings. The molecule has 0 radical (unpaired) electrons. The summed E-state index contributed by atoms with van der Waals surface area (Å²) < 4.78 is 2.07. The van der Waals surface area contributed by atoms with Crippen molar-refractivity contribution in [3.63, 3.8) is 0 Å². The number of hydrogen-bond acceptors (Lipinski definition) is 2. The average molecular weight is 241 g/mol. The van der Waals surface area contributed by atoms with Crippen LogP contribution in [0.4, 0.5) is 0 Å². The average Bonchev–Trinajstić information content (AvgIpc) is 2.96. The molecule has 1 atom stereocenters. The number of aryl methyl sites for hydroxylation is 2. The first kappa shape index (κ1) is 11.5. The molecule has 3 rings (SSSR count). The Morgan fingerprint density at radius 1 is 1.44 bits per heavy atom. The summed E-state index contributed by atoms with van der Waals surface area (Å²) in [5.74, 6) is 1.05. The van der Waals surface area contributed by atoms with Crippen LogP contribution in [-0.4, -0.2) is 16.1 Å². The molecular formula is C15H19N3. The van der Waals surface area contributed by atoms with Crippen molar-refractivity contribution in [2.45, 2.75) is 25.8 Å². The predicted molar refractivity (Wildman–Crippen MR) is 73.4 cm³/mol. The highest BCUT2D eigenvalue weighted by atomic mass is 15.0. The van der Waals surface area contributed by atoms with Crippen molar-refractivity contribution in [2.75, 3.05) is 6.54 Å². The molecule has 2 aromatic rings. The molecule has 94 valence electrons. The van der Waals surface area contributed by atoms with Gasteiger partial charge in [0, 0.05) is 31.0 Å². The number of imidazole rings is 1. The summed E-state index contributed by atoms with van der Waals surface area (Å²) in [5, 5.41) is 3.55. The van der Waals surface area contributed by atoms with Crippen LogP contribution in [0.25, 0.3) is 11.4 Å². The van der Waals surface area contributed by atoms with Crippen molar-refractivity contribution in [1.82, 2.24) is 14.9 Å². The minimum absolute atomic E-state index is 0.542. The molecule has 0 amide bonds. The van der Waals surface area contributed by atoms with E-state index in [1.807, 2.05) is 19.4 Å². The zero-order valence-electron chi connectivity index (χ0n) is 11.0. The van der Waals surface area contributed by atoms with E-state index >= 15 is 0 Å². The fourth-order valence-corrected chi connectivity index (χ4v) is 2.86. The molecule has 0 aliphatic heterocycles. The van der Waals surface area contributed by atoms with Gasteiger partial charge in [-0.2, -0.15) is 0 Å². The third-order valence-electron chi connectivity index (χ3n) is 3.75. The molecule has 3 nitrogen and oxygen atoms in total. The molecule has 1 heterocycles. The Labute approximate surface area is 108 Å². The molecule has 0 bridgehead atoms. The van der Waals surface area contributed by atoms with Gasteiger partial charge >= 0.3 is 0 Å². The molecule has 0 fully saturated rings. The summed E-state index contributed by atoms with van der Waals surface area (Å²) in [6.45, 7) is 3.20. The molecule has 1 aliphatic carbocycles. The maximum absolute atomic E-state index is 4.41. The second-order valence-corrected chi connectivity index (χ2v) is 4.92. The lowest BCUT2D eigenvalue weighted by molar-refractivity contribution is 0.549. The molecule has 0 saturated carbocycles. The van der Waals surface area contributed by atoms with Gasteiger partial charge in [0.2, 0.25) is 0 Å². The van der Waals surface area contributed by atoms with Gasteiger partial charge in [-0.15, -0.1) is 0 Å². The van der Waals surface area contributed by atoms with E-state index in [1.165, 1.54) is 29.5 Å². The van der Waals surface area contributed by atoms with Crippen LogP contribution in [-0.2, 0) is 13.5 Å². The van der Waals surface area contributed by atoms with Crippen molar-refractivity contribution < 1.29 is 0 Å². The molecule has 18 heavy (non-hydrogen) atoms. The van der Waals surface area contributed by atoms with Gasteiger partial charge < -0.3 is 9.88 Å². The zero-order valence-corrected chi connectivity index (χ0v) is 11.0. The third-order valence-corrected chi connectivity index (χ3v) is 3.75. The lowest BCUT2D eigenvalue weighted by atomic mass is 10.0. The van der Waals surface area contributed by atoms with Crippen LogP contribution in [0.5, 0.6) is 0 Å². The van der Waals surface area contributed by atoms with Crippen LogP contribution in [0.2, 0.25) is 0 Å². The van der Waals surface area contributed by atoms with Crippen molar-refractivity contribution in [3.8, 4) is 11.4 Å². The lowest BCUT2D eigenvalue weighted by Crippen LogP contribution is -2.18. The molecule has 1 unspecified atom stereocenters. The van der Waals surface area contributed by atoms with Gasteiger partial charge in [-0.25, -0.2) is 4.98 Å². The first-order chi connectivity index (χ1) is 8.79. The Bertz CT molecular complexity index is 557. The van der Waals surface area contributed by atoms with Gasteiger partial charge in [0.15, 0.2) is 0 Å². The summed E-state index contributed by atoms with van der Waals surface area (Å²) >= 11 is 0. The minimum Gasteiger partial charge on any atom is -0.334 e. The van der Waals surface area contributed by atoms with Crippen molar-refractivity contribution >= 4 is 0 Å². The summed E-state index contributed by atoms with van der Waals surface area (Å²) in [7, 11) is 2.04. The number of hydrogen-bond donors (Lipinski definition) is 1. The van der Waals surface area contributed by atoms with Gasteiger partial charge in [-0.1, -0.05) is 19.1 Å². The van der Waals surface area contributed by atoms with E-state index < -0.39 is 0 Å². The van der Waals surface area contributed by atoms with Gasteiger partial charge in [0.1, 0.15) is 5.82 Å². The normalized spacial score (nSPS) is 18.0. The minimum atomic E-state index is 0.542. The highest BCUT2D eigenvalue weighted by Gasteiger charge is 2.22. The van der Waals surface area contributed by atoms with E-state index in [2.05, 4.69) is 40.0 Å². The molecule has 1 aromatic heterocycles. The van der Waals surface area contributed by atoms with Crippen LogP contribution in [0.15, 0.2) is 30.6 Å². The summed E-state index contributed by atoms with van der Waals surface area (Å²) in [6.07, 6.45) is 6.23. The lowest BCUT2D eigenvalue weighted by Gasteiger charge is -2.12. The monoisotopic (exact) mass is 241 g/mol. The number of nitrogens with zero attached hydrogens (tertiary/aromatic N) is 2. The molecule has 1 aromatic carbocycles. The SMILES string of the molecule is CCNC1CCc2cc(-c3nccn3C)ccc21. The Kier molecular flexibility index (Phi) is 2.92. The maximum Gasteiger partial charge on any atom is 0.139 e. The second kappa shape index (κ2) is 4.58. The van der Waals surface area contributed by atoms with E-state index in [-0.39, 0.29) is 0 Å². The second-order valence-electron chi connectivity index (χ2n) is 4.92. The largest absolute Gasteiger partial charge is 0.334 e. The topological polar surface area (TPSA) is 29.9 Å². The van der Waals surface area contributed by atoms with Crippen LogP contribution < -0.4 is 5.32 Å². The summed E-state index contributed by atoms with van der Waals surface area (Å²) in [6, 6.07) is 7.30. The predicted octanol–water partition coefficient (Wildman–Crippen LogP) is 2.68. The van der Waals surface area contributed by atoms with E-state index in [0.29, 0.717) is 6.04 Å². The van der Waals surface area contributed by atoms with Crippen LogP contribution in [0, 0.1) is 0 Å². The van der Waals surface area contributed by atoms with Gasteiger partial charge in [-0.3, -0.25) is 0 Å². The summed E-state index contributed by atoms with van der Waals surface area (Å²) in [5.41, 5.74) is 4.16. The third kappa shape index (κ3) is 1.85. The number of nitrogens with one attached hydrogen (secondary N) is 1. The molecule has 3 heteroatoms. The Morgan fingerprint density at radius 3 is 3.06 bits per heavy atom. The number of aromatic nitrogens is 2. The van der Waals surface area contributed by atoms with Crippen molar-refractivity contribution in [2.24, 2.45) is 7.05 Å². The standard InChI is InChI=1S/C15H19N3/c1-3-16-14-7-5-11-10-12(4-6-13(11)14)15-17-8-9-18(15)2/h4,6,8-10,14,16H,3,5,7H2,1-2H3. The van der Waals surface area contributed by atoms with E-state index in [9.17, 15) is 0 Å². The van der Waals surface area contributed by atoms with Crippen molar-refractivity contribution in [3.05, 3.63) is 41.7 Å². The first-order valence-corrected chi connectivity index (χ1v) is 6.63. The quantitative estimate of drug-likeness (QED) is 0.895. The zero-order chi connectivity index (χ0) is 12.5. The van der Waals surface area contributed by atoms with Crippen LogP contribution in [0.1, 0.15) is 30.5 Å². The number of rotatable bonds is 3. The van der Waals surface area contributed by atoms with Crippen LogP contribution in [0.3, 0.4) is 0 Å². The first-order valence-electron chi connectivity index (χ1n) is 6.63. The van der Waals surface area contributed by atoms with Gasteiger partial charge in [0.25, 0.3) is 0 Å². The van der Waals surface area contributed by atoms with E-state index in [4.69, 9.17) is 0 Å². The van der Waals surface area contributed by atoms with Crippen molar-refractivity contribution in [1.29, 1.82) is 0 Å². The van der Waals surface area contributed by atoms with Gasteiger partial charge in [0.05, 0.1) is 0 Å². The Hall–Kier alpha value is -1.61.